The SMILES string of the molecule is Cc1cn(C(C)(C)C(=O)N[C@@H]2CCO[C@@H]2C)cn1. The zero-order valence-electron chi connectivity index (χ0n) is 11.4. The van der Waals surface area contributed by atoms with E-state index in [1.165, 1.54) is 0 Å². The van der Waals surface area contributed by atoms with Gasteiger partial charge < -0.3 is 14.6 Å². The summed E-state index contributed by atoms with van der Waals surface area (Å²) in [5.74, 6) is 0.00208. The van der Waals surface area contributed by atoms with Crippen LogP contribution in [0.2, 0.25) is 0 Å². The van der Waals surface area contributed by atoms with Gasteiger partial charge in [0.05, 0.1) is 24.2 Å². The number of aryl methyl sites for hydroxylation is 1. The third-order valence-corrected chi connectivity index (χ3v) is 3.61. The van der Waals surface area contributed by atoms with E-state index in [0.717, 1.165) is 18.7 Å². The summed E-state index contributed by atoms with van der Waals surface area (Å²) < 4.78 is 7.30. The number of carbonyl (C=O) groups excluding carboxylic acids is 1. The minimum absolute atomic E-state index is 0.00208. The Balaban J connectivity index is 2.07. The number of amides is 1. The highest BCUT2D eigenvalue weighted by atomic mass is 16.5. The van der Waals surface area contributed by atoms with Crippen LogP contribution in [0.4, 0.5) is 0 Å². The first-order valence-electron chi connectivity index (χ1n) is 6.35. The van der Waals surface area contributed by atoms with E-state index in [9.17, 15) is 4.79 Å². The molecule has 1 fully saturated rings. The van der Waals surface area contributed by atoms with Crippen molar-refractivity contribution in [2.24, 2.45) is 0 Å². The second-order valence-electron chi connectivity index (χ2n) is 5.43. The number of hydrogen-bond donors (Lipinski definition) is 1. The average Bonchev–Trinajstić information content (AvgIpc) is 2.89. The monoisotopic (exact) mass is 251 g/mol. The lowest BCUT2D eigenvalue weighted by Crippen LogP contribution is -2.49. The van der Waals surface area contributed by atoms with Gasteiger partial charge in [0.2, 0.25) is 5.91 Å². The van der Waals surface area contributed by atoms with Crippen molar-refractivity contribution in [1.29, 1.82) is 0 Å². The lowest BCUT2D eigenvalue weighted by atomic mass is 10.0. The van der Waals surface area contributed by atoms with E-state index in [4.69, 9.17) is 4.74 Å². The van der Waals surface area contributed by atoms with Crippen LogP contribution in [0, 0.1) is 6.92 Å². The molecular weight excluding hydrogens is 230 g/mol. The van der Waals surface area contributed by atoms with Gasteiger partial charge >= 0.3 is 0 Å². The summed E-state index contributed by atoms with van der Waals surface area (Å²) in [4.78, 5) is 16.5. The van der Waals surface area contributed by atoms with Crippen LogP contribution in [-0.4, -0.2) is 34.2 Å². The molecule has 5 nitrogen and oxygen atoms in total. The van der Waals surface area contributed by atoms with Crippen molar-refractivity contribution in [3.05, 3.63) is 18.2 Å². The standard InChI is InChI=1S/C13H21N3O2/c1-9-7-16(8-14-9)13(3,4)12(17)15-11-5-6-18-10(11)2/h7-8,10-11H,5-6H2,1-4H3,(H,15,17)/t10-,11-/m1/s1. The number of ether oxygens (including phenoxy) is 1. The second-order valence-corrected chi connectivity index (χ2v) is 5.43. The molecule has 1 aliphatic rings. The van der Waals surface area contributed by atoms with Gasteiger partial charge in [-0.1, -0.05) is 0 Å². The van der Waals surface area contributed by atoms with Crippen LogP contribution in [0.3, 0.4) is 0 Å². The molecular formula is C13H21N3O2. The summed E-state index contributed by atoms with van der Waals surface area (Å²) in [7, 11) is 0. The maximum absolute atomic E-state index is 12.4. The molecule has 0 saturated carbocycles. The number of carbonyl (C=O) groups is 1. The van der Waals surface area contributed by atoms with Crippen molar-refractivity contribution in [1.82, 2.24) is 14.9 Å². The molecule has 0 spiro atoms. The molecule has 0 bridgehead atoms. The maximum atomic E-state index is 12.4. The molecule has 2 heterocycles. The van der Waals surface area contributed by atoms with Gasteiger partial charge in [-0.25, -0.2) is 4.98 Å². The smallest absolute Gasteiger partial charge is 0.246 e. The van der Waals surface area contributed by atoms with E-state index in [0.29, 0.717) is 0 Å². The van der Waals surface area contributed by atoms with Gasteiger partial charge in [0.25, 0.3) is 0 Å². The second kappa shape index (κ2) is 4.72. The molecule has 5 heteroatoms. The largest absolute Gasteiger partial charge is 0.376 e. The van der Waals surface area contributed by atoms with E-state index in [2.05, 4.69) is 10.3 Å². The van der Waals surface area contributed by atoms with Crippen LogP contribution in [-0.2, 0) is 15.1 Å². The number of hydrogen-bond acceptors (Lipinski definition) is 3. The van der Waals surface area contributed by atoms with Crippen LogP contribution < -0.4 is 5.32 Å². The van der Waals surface area contributed by atoms with E-state index in [1.54, 1.807) is 6.33 Å². The van der Waals surface area contributed by atoms with Crippen molar-refractivity contribution in [3.63, 3.8) is 0 Å². The molecule has 1 aromatic rings. The Bertz CT molecular complexity index is 439. The summed E-state index contributed by atoms with van der Waals surface area (Å²) >= 11 is 0. The summed E-state index contributed by atoms with van der Waals surface area (Å²) in [6, 6.07) is 0.112. The Hall–Kier alpha value is -1.36. The van der Waals surface area contributed by atoms with Crippen molar-refractivity contribution < 1.29 is 9.53 Å². The highest BCUT2D eigenvalue weighted by Crippen LogP contribution is 2.19. The molecule has 1 saturated heterocycles. The molecule has 0 unspecified atom stereocenters. The van der Waals surface area contributed by atoms with Crippen LogP contribution in [0.15, 0.2) is 12.5 Å². The predicted octanol–water partition coefficient (Wildman–Crippen LogP) is 1.22. The van der Waals surface area contributed by atoms with E-state index >= 15 is 0 Å². The summed E-state index contributed by atoms with van der Waals surface area (Å²) in [5.41, 5.74) is 0.275. The Labute approximate surface area is 108 Å². The van der Waals surface area contributed by atoms with Crippen LogP contribution in [0.1, 0.15) is 32.9 Å². The maximum Gasteiger partial charge on any atom is 0.246 e. The zero-order chi connectivity index (χ0) is 13.3. The molecule has 1 aliphatic heterocycles. The van der Waals surface area contributed by atoms with Gasteiger partial charge in [-0.15, -0.1) is 0 Å². The fraction of sp³-hybridized carbons (Fsp3) is 0.692. The number of imidazole rings is 1. The minimum atomic E-state index is -0.635. The third-order valence-electron chi connectivity index (χ3n) is 3.61. The predicted molar refractivity (Wildman–Crippen MR) is 68.2 cm³/mol. The third kappa shape index (κ3) is 2.41. The van der Waals surface area contributed by atoms with Gasteiger partial charge in [0.1, 0.15) is 5.54 Å². The van der Waals surface area contributed by atoms with Crippen molar-refractivity contribution in [2.45, 2.75) is 51.8 Å². The topological polar surface area (TPSA) is 56.2 Å². The Morgan fingerprint density at radius 3 is 2.83 bits per heavy atom. The van der Waals surface area contributed by atoms with E-state index < -0.39 is 5.54 Å². The van der Waals surface area contributed by atoms with Gasteiger partial charge in [-0.05, 0) is 34.1 Å². The number of rotatable bonds is 3. The molecule has 1 N–H and O–H groups in total. The lowest BCUT2D eigenvalue weighted by molar-refractivity contribution is -0.129. The van der Waals surface area contributed by atoms with Crippen LogP contribution in [0.5, 0.6) is 0 Å². The van der Waals surface area contributed by atoms with Crippen LogP contribution in [0.25, 0.3) is 0 Å². The van der Waals surface area contributed by atoms with Crippen molar-refractivity contribution in [3.8, 4) is 0 Å². The molecule has 1 amide bonds. The van der Waals surface area contributed by atoms with Gasteiger partial charge in [0, 0.05) is 12.8 Å². The zero-order valence-corrected chi connectivity index (χ0v) is 11.4. The highest BCUT2D eigenvalue weighted by Gasteiger charge is 2.34. The Morgan fingerprint density at radius 2 is 2.33 bits per heavy atom. The summed E-state index contributed by atoms with van der Waals surface area (Å²) in [6.07, 6.45) is 4.55. The first-order valence-corrected chi connectivity index (χ1v) is 6.35. The minimum Gasteiger partial charge on any atom is -0.376 e. The van der Waals surface area contributed by atoms with E-state index in [-0.39, 0.29) is 18.1 Å². The normalized spacial score (nSPS) is 24.2. The molecule has 100 valence electrons. The van der Waals surface area contributed by atoms with Crippen molar-refractivity contribution >= 4 is 5.91 Å². The number of nitrogens with zero attached hydrogens (tertiary/aromatic N) is 2. The Morgan fingerprint density at radius 1 is 1.61 bits per heavy atom. The molecule has 0 radical (unpaired) electrons. The van der Waals surface area contributed by atoms with Crippen LogP contribution >= 0.6 is 0 Å². The van der Waals surface area contributed by atoms with Gasteiger partial charge in [0.15, 0.2) is 0 Å². The first-order chi connectivity index (χ1) is 8.41. The van der Waals surface area contributed by atoms with Gasteiger partial charge in [-0.3, -0.25) is 4.79 Å². The molecule has 18 heavy (non-hydrogen) atoms. The molecule has 0 aliphatic carbocycles. The van der Waals surface area contributed by atoms with E-state index in [1.807, 2.05) is 38.5 Å². The molecule has 2 rings (SSSR count). The average molecular weight is 251 g/mol. The number of aromatic nitrogens is 2. The molecule has 1 aromatic heterocycles. The van der Waals surface area contributed by atoms with Crippen molar-refractivity contribution in [2.75, 3.05) is 6.61 Å². The first kappa shape index (κ1) is 13.1. The summed E-state index contributed by atoms with van der Waals surface area (Å²) in [6.45, 7) is 8.41. The Kier molecular flexibility index (Phi) is 3.43. The number of nitrogens with one attached hydrogen (secondary N) is 1. The molecule has 2 atom stereocenters. The fourth-order valence-corrected chi connectivity index (χ4v) is 2.11. The fourth-order valence-electron chi connectivity index (χ4n) is 2.11. The quantitative estimate of drug-likeness (QED) is 0.878. The highest BCUT2D eigenvalue weighted by molar-refractivity contribution is 5.84. The van der Waals surface area contributed by atoms with Gasteiger partial charge in [-0.2, -0.15) is 0 Å². The molecule has 0 aromatic carbocycles. The lowest BCUT2D eigenvalue weighted by Gasteiger charge is -2.28. The summed E-state index contributed by atoms with van der Waals surface area (Å²) in [5, 5.41) is 3.06.